The summed E-state index contributed by atoms with van der Waals surface area (Å²) in [6.45, 7) is -0.164. The number of rotatable bonds is 6. The molecule has 0 aliphatic rings. The van der Waals surface area contributed by atoms with E-state index in [-0.39, 0.29) is 18.8 Å². The van der Waals surface area contributed by atoms with E-state index in [9.17, 15) is 14.0 Å². The summed E-state index contributed by atoms with van der Waals surface area (Å²) in [5.41, 5.74) is 0.959. The minimum atomic E-state index is -0.544. The van der Waals surface area contributed by atoms with E-state index in [1.54, 1.807) is 30.3 Å². The van der Waals surface area contributed by atoms with Crippen LogP contribution < -0.4 is 10.6 Å². The normalized spacial score (nSPS) is 11.0. The van der Waals surface area contributed by atoms with Crippen molar-refractivity contribution in [3.8, 4) is 0 Å². The van der Waals surface area contributed by atoms with Gasteiger partial charge in [-0.2, -0.15) is 0 Å². The summed E-state index contributed by atoms with van der Waals surface area (Å²) < 4.78 is 13.0. The minimum Gasteiger partial charge on any atom is -0.395 e. The summed E-state index contributed by atoms with van der Waals surface area (Å²) in [4.78, 5) is 24.4. The van der Waals surface area contributed by atoms with Crippen molar-refractivity contribution >= 4 is 17.9 Å². The molecule has 0 spiro atoms. The highest BCUT2D eigenvalue weighted by molar-refractivity contribution is 6.05. The van der Waals surface area contributed by atoms with Crippen molar-refractivity contribution in [1.82, 2.24) is 10.6 Å². The lowest BCUT2D eigenvalue weighted by Gasteiger charge is -2.10. The molecule has 0 bridgehead atoms. The maximum absolute atomic E-state index is 13.0. The van der Waals surface area contributed by atoms with Crippen molar-refractivity contribution in [2.24, 2.45) is 0 Å². The van der Waals surface area contributed by atoms with Crippen LogP contribution in [-0.2, 0) is 4.79 Å². The van der Waals surface area contributed by atoms with E-state index >= 15 is 0 Å². The van der Waals surface area contributed by atoms with Gasteiger partial charge >= 0.3 is 0 Å². The van der Waals surface area contributed by atoms with Crippen molar-refractivity contribution in [2.75, 3.05) is 13.2 Å². The summed E-state index contributed by atoms with van der Waals surface area (Å²) in [6, 6.07) is 13.9. The zero-order chi connectivity index (χ0) is 17.4. The molecule has 0 heterocycles. The van der Waals surface area contributed by atoms with E-state index in [1.165, 1.54) is 30.3 Å². The molecule has 124 valence electrons. The predicted octanol–water partition coefficient (Wildman–Crippen LogP) is 1.71. The van der Waals surface area contributed by atoms with E-state index in [0.717, 1.165) is 0 Å². The second kappa shape index (κ2) is 8.59. The zero-order valence-corrected chi connectivity index (χ0v) is 12.8. The lowest BCUT2D eigenvalue weighted by atomic mass is 10.1. The maximum atomic E-state index is 13.0. The largest absolute Gasteiger partial charge is 0.395 e. The third-order valence-electron chi connectivity index (χ3n) is 3.11. The standard InChI is InChI=1S/C18H17FN2O3/c19-15-8-6-13(7-9-15)12-16(18(24)20-10-11-22)21-17(23)14-4-2-1-3-5-14/h1-9,12,22H,10-11H2,(H,20,24)(H,21,23). The van der Waals surface area contributed by atoms with E-state index in [2.05, 4.69) is 10.6 Å². The number of carbonyl (C=O) groups excluding carboxylic acids is 2. The average Bonchev–Trinajstić information content (AvgIpc) is 2.61. The molecule has 3 N–H and O–H groups in total. The molecule has 0 fully saturated rings. The van der Waals surface area contributed by atoms with Crippen molar-refractivity contribution in [3.05, 3.63) is 77.2 Å². The Kier molecular flexibility index (Phi) is 6.22. The average molecular weight is 328 g/mol. The topological polar surface area (TPSA) is 78.4 Å². The van der Waals surface area contributed by atoms with Gasteiger partial charge in [-0.1, -0.05) is 30.3 Å². The summed E-state index contributed by atoms with van der Waals surface area (Å²) in [5, 5.41) is 13.8. The number of hydrogen-bond acceptors (Lipinski definition) is 3. The van der Waals surface area contributed by atoms with Gasteiger partial charge in [0, 0.05) is 12.1 Å². The molecule has 0 aliphatic heterocycles. The Labute approximate surface area is 138 Å². The predicted molar refractivity (Wildman–Crippen MR) is 88.4 cm³/mol. The Morgan fingerprint density at radius 3 is 2.33 bits per heavy atom. The SMILES string of the molecule is O=C(NCCO)C(=Cc1ccc(F)cc1)NC(=O)c1ccccc1. The van der Waals surface area contributed by atoms with Crippen LogP contribution >= 0.6 is 0 Å². The summed E-state index contributed by atoms with van der Waals surface area (Å²) in [5.74, 6) is -1.38. The Morgan fingerprint density at radius 1 is 1.04 bits per heavy atom. The number of hydrogen-bond donors (Lipinski definition) is 3. The molecule has 2 amide bonds. The first-order valence-corrected chi connectivity index (χ1v) is 7.33. The van der Waals surface area contributed by atoms with Gasteiger partial charge < -0.3 is 15.7 Å². The van der Waals surface area contributed by atoms with Crippen molar-refractivity contribution in [1.29, 1.82) is 0 Å². The Balaban J connectivity index is 2.23. The van der Waals surface area contributed by atoms with E-state index in [1.807, 2.05) is 0 Å². The fourth-order valence-electron chi connectivity index (χ4n) is 1.93. The molecule has 2 rings (SSSR count). The van der Waals surface area contributed by atoms with Crippen LogP contribution in [0, 0.1) is 5.82 Å². The number of benzene rings is 2. The van der Waals surface area contributed by atoms with Crippen LogP contribution in [0.1, 0.15) is 15.9 Å². The third-order valence-corrected chi connectivity index (χ3v) is 3.11. The van der Waals surface area contributed by atoms with Crippen LogP contribution in [0.5, 0.6) is 0 Å². The van der Waals surface area contributed by atoms with Gasteiger partial charge in [0.15, 0.2) is 0 Å². The molecular formula is C18H17FN2O3. The fraction of sp³-hybridized carbons (Fsp3) is 0.111. The monoisotopic (exact) mass is 328 g/mol. The number of aliphatic hydroxyl groups is 1. The van der Waals surface area contributed by atoms with Gasteiger partial charge in [0.05, 0.1) is 6.61 Å². The third kappa shape index (κ3) is 5.03. The van der Waals surface area contributed by atoms with Crippen LogP contribution in [0.25, 0.3) is 6.08 Å². The Bertz CT molecular complexity index is 728. The smallest absolute Gasteiger partial charge is 0.267 e. The molecular weight excluding hydrogens is 311 g/mol. The fourth-order valence-corrected chi connectivity index (χ4v) is 1.93. The maximum Gasteiger partial charge on any atom is 0.267 e. The second-order valence-corrected chi connectivity index (χ2v) is 4.91. The van der Waals surface area contributed by atoms with Crippen molar-refractivity contribution in [3.63, 3.8) is 0 Å². The molecule has 0 saturated heterocycles. The first-order chi connectivity index (χ1) is 11.6. The van der Waals surface area contributed by atoms with Gasteiger partial charge in [0.2, 0.25) is 0 Å². The lowest BCUT2D eigenvalue weighted by molar-refractivity contribution is -0.117. The molecule has 0 atom stereocenters. The van der Waals surface area contributed by atoms with Gasteiger partial charge in [0.1, 0.15) is 11.5 Å². The van der Waals surface area contributed by atoms with Gasteiger partial charge in [0.25, 0.3) is 11.8 Å². The molecule has 0 radical (unpaired) electrons. The van der Waals surface area contributed by atoms with Gasteiger partial charge in [-0.25, -0.2) is 4.39 Å². The van der Waals surface area contributed by atoms with Gasteiger partial charge in [-0.05, 0) is 35.9 Å². The molecule has 24 heavy (non-hydrogen) atoms. The lowest BCUT2D eigenvalue weighted by Crippen LogP contribution is -2.36. The molecule has 0 unspecified atom stereocenters. The number of nitrogens with one attached hydrogen (secondary N) is 2. The Morgan fingerprint density at radius 2 is 1.71 bits per heavy atom. The van der Waals surface area contributed by atoms with Gasteiger partial charge in [-0.15, -0.1) is 0 Å². The molecule has 2 aromatic carbocycles. The number of amides is 2. The van der Waals surface area contributed by atoms with E-state index in [0.29, 0.717) is 11.1 Å². The number of halogens is 1. The quantitative estimate of drug-likeness (QED) is 0.706. The minimum absolute atomic E-state index is 0.00362. The first-order valence-electron chi connectivity index (χ1n) is 7.33. The highest BCUT2D eigenvalue weighted by Crippen LogP contribution is 2.08. The second-order valence-electron chi connectivity index (χ2n) is 4.91. The summed E-state index contributed by atoms with van der Waals surface area (Å²) >= 11 is 0. The molecule has 0 saturated carbocycles. The molecule has 5 nitrogen and oxygen atoms in total. The molecule has 0 aliphatic carbocycles. The van der Waals surface area contributed by atoms with E-state index < -0.39 is 17.6 Å². The van der Waals surface area contributed by atoms with Crippen LogP contribution in [-0.4, -0.2) is 30.1 Å². The van der Waals surface area contributed by atoms with Crippen LogP contribution in [0.15, 0.2) is 60.3 Å². The van der Waals surface area contributed by atoms with Gasteiger partial charge in [-0.3, -0.25) is 9.59 Å². The molecule has 6 heteroatoms. The summed E-state index contributed by atoms with van der Waals surface area (Å²) in [6.07, 6.45) is 1.44. The van der Waals surface area contributed by atoms with Crippen LogP contribution in [0.4, 0.5) is 4.39 Å². The molecule has 2 aromatic rings. The molecule has 0 aromatic heterocycles. The highest BCUT2D eigenvalue weighted by atomic mass is 19.1. The van der Waals surface area contributed by atoms with Crippen LogP contribution in [0.2, 0.25) is 0 Å². The Hall–Kier alpha value is -2.99. The number of aliphatic hydroxyl groups excluding tert-OH is 1. The highest BCUT2D eigenvalue weighted by Gasteiger charge is 2.14. The first kappa shape index (κ1) is 17.4. The zero-order valence-electron chi connectivity index (χ0n) is 12.8. The number of carbonyl (C=O) groups is 2. The van der Waals surface area contributed by atoms with E-state index in [4.69, 9.17) is 5.11 Å². The summed E-state index contributed by atoms with van der Waals surface area (Å²) in [7, 11) is 0. The van der Waals surface area contributed by atoms with Crippen LogP contribution in [0.3, 0.4) is 0 Å². The van der Waals surface area contributed by atoms with Crippen molar-refractivity contribution in [2.45, 2.75) is 0 Å². The van der Waals surface area contributed by atoms with Crippen molar-refractivity contribution < 1.29 is 19.1 Å².